The predicted molar refractivity (Wildman–Crippen MR) is 74.1 cm³/mol. The van der Waals surface area contributed by atoms with Crippen molar-refractivity contribution in [3.8, 4) is 0 Å². The highest BCUT2D eigenvalue weighted by atomic mass is 35.5. The standard InChI is InChI=1S/C14H18ClN3/c1-11-5-3-6-12(2)14(11)10-18-9-13(16-17-18)7-4-8-15/h3,5-6,9H,4,7-8,10H2,1-2H3. The van der Waals surface area contributed by atoms with Crippen LogP contribution in [0.3, 0.4) is 0 Å². The van der Waals surface area contributed by atoms with Crippen LogP contribution in [0.25, 0.3) is 0 Å². The quantitative estimate of drug-likeness (QED) is 0.776. The maximum Gasteiger partial charge on any atom is 0.0827 e. The highest BCUT2D eigenvalue weighted by Crippen LogP contribution is 2.14. The average molecular weight is 264 g/mol. The maximum atomic E-state index is 5.67. The Morgan fingerprint density at radius 1 is 1.22 bits per heavy atom. The zero-order valence-electron chi connectivity index (χ0n) is 10.9. The van der Waals surface area contributed by atoms with Gasteiger partial charge in [-0.2, -0.15) is 0 Å². The largest absolute Gasteiger partial charge is 0.248 e. The monoisotopic (exact) mass is 263 g/mol. The molecule has 1 heterocycles. The summed E-state index contributed by atoms with van der Waals surface area (Å²) in [6, 6.07) is 6.35. The number of hydrogen-bond donors (Lipinski definition) is 0. The Balaban J connectivity index is 2.11. The third-order valence-electron chi connectivity index (χ3n) is 3.12. The molecule has 0 aliphatic rings. The molecule has 0 spiro atoms. The Bertz CT molecular complexity index is 499. The van der Waals surface area contributed by atoms with E-state index < -0.39 is 0 Å². The number of aromatic nitrogens is 3. The Hall–Kier alpha value is -1.35. The Labute approximate surface area is 113 Å². The third kappa shape index (κ3) is 3.10. The van der Waals surface area contributed by atoms with E-state index in [1.165, 1.54) is 16.7 Å². The predicted octanol–water partition coefficient (Wildman–Crippen LogP) is 3.11. The van der Waals surface area contributed by atoms with Gasteiger partial charge in [-0.05, 0) is 43.4 Å². The van der Waals surface area contributed by atoms with Gasteiger partial charge in [-0.1, -0.05) is 23.4 Å². The van der Waals surface area contributed by atoms with Gasteiger partial charge in [-0.15, -0.1) is 16.7 Å². The number of rotatable bonds is 5. The SMILES string of the molecule is Cc1cccc(C)c1Cn1cc(CCCCl)nn1. The molecule has 1 aromatic heterocycles. The first kappa shape index (κ1) is 13.1. The Kier molecular flexibility index (Phi) is 4.37. The van der Waals surface area contributed by atoms with Gasteiger partial charge in [0, 0.05) is 12.1 Å². The second kappa shape index (κ2) is 6.01. The summed E-state index contributed by atoms with van der Waals surface area (Å²) in [6.45, 7) is 5.05. The van der Waals surface area contributed by atoms with Crippen molar-refractivity contribution in [1.82, 2.24) is 15.0 Å². The number of halogens is 1. The summed E-state index contributed by atoms with van der Waals surface area (Å²) >= 11 is 5.67. The van der Waals surface area contributed by atoms with Crippen LogP contribution >= 0.6 is 11.6 Å². The van der Waals surface area contributed by atoms with Gasteiger partial charge in [0.1, 0.15) is 0 Å². The van der Waals surface area contributed by atoms with Crippen LogP contribution in [0.1, 0.15) is 28.8 Å². The van der Waals surface area contributed by atoms with Crippen molar-refractivity contribution in [3.63, 3.8) is 0 Å². The minimum Gasteiger partial charge on any atom is -0.248 e. The van der Waals surface area contributed by atoms with E-state index in [2.05, 4.69) is 42.4 Å². The lowest BCUT2D eigenvalue weighted by atomic mass is 10.0. The van der Waals surface area contributed by atoms with E-state index in [-0.39, 0.29) is 0 Å². The van der Waals surface area contributed by atoms with Crippen LogP contribution in [-0.2, 0) is 13.0 Å². The number of hydrogen-bond acceptors (Lipinski definition) is 2. The molecular weight excluding hydrogens is 246 g/mol. The molecule has 3 nitrogen and oxygen atoms in total. The first-order chi connectivity index (χ1) is 8.70. The van der Waals surface area contributed by atoms with Gasteiger partial charge >= 0.3 is 0 Å². The molecule has 4 heteroatoms. The van der Waals surface area contributed by atoms with Gasteiger partial charge < -0.3 is 0 Å². The van der Waals surface area contributed by atoms with Gasteiger partial charge in [0.2, 0.25) is 0 Å². The number of aryl methyl sites for hydroxylation is 3. The van der Waals surface area contributed by atoms with Crippen LogP contribution in [0, 0.1) is 13.8 Å². The topological polar surface area (TPSA) is 30.7 Å². The fourth-order valence-corrected chi connectivity index (χ4v) is 2.17. The number of alkyl halides is 1. The molecule has 0 saturated heterocycles. The van der Waals surface area contributed by atoms with Crippen molar-refractivity contribution < 1.29 is 0 Å². The van der Waals surface area contributed by atoms with Crippen LogP contribution in [-0.4, -0.2) is 20.9 Å². The second-order valence-electron chi connectivity index (χ2n) is 4.57. The van der Waals surface area contributed by atoms with E-state index in [1.54, 1.807) is 0 Å². The van der Waals surface area contributed by atoms with E-state index in [9.17, 15) is 0 Å². The summed E-state index contributed by atoms with van der Waals surface area (Å²) in [5.74, 6) is 0.670. The fourth-order valence-electron chi connectivity index (χ4n) is 2.04. The third-order valence-corrected chi connectivity index (χ3v) is 3.38. The molecule has 0 amide bonds. The lowest BCUT2D eigenvalue weighted by Gasteiger charge is -2.08. The highest BCUT2D eigenvalue weighted by molar-refractivity contribution is 6.17. The number of benzene rings is 1. The van der Waals surface area contributed by atoms with Gasteiger partial charge in [0.05, 0.1) is 12.2 Å². The Morgan fingerprint density at radius 2 is 1.94 bits per heavy atom. The molecule has 2 aromatic rings. The first-order valence-corrected chi connectivity index (χ1v) is 6.74. The van der Waals surface area contributed by atoms with Crippen LogP contribution < -0.4 is 0 Å². The molecule has 0 aliphatic carbocycles. The maximum absolute atomic E-state index is 5.67. The molecule has 0 bridgehead atoms. The molecule has 0 unspecified atom stereocenters. The zero-order chi connectivity index (χ0) is 13.0. The molecule has 0 aliphatic heterocycles. The summed E-state index contributed by atoms with van der Waals surface area (Å²) in [5, 5.41) is 8.33. The second-order valence-corrected chi connectivity index (χ2v) is 4.95. The lowest BCUT2D eigenvalue weighted by molar-refractivity contribution is 0.644. The molecule has 0 saturated carbocycles. The van der Waals surface area contributed by atoms with Crippen molar-refractivity contribution in [2.45, 2.75) is 33.2 Å². The van der Waals surface area contributed by atoms with Gasteiger partial charge in [-0.25, -0.2) is 4.68 Å². The minimum absolute atomic E-state index is 0.670. The molecule has 96 valence electrons. The van der Waals surface area contributed by atoms with E-state index >= 15 is 0 Å². The van der Waals surface area contributed by atoms with Crippen LogP contribution in [0.4, 0.5) is 0 Å². The molecule has 0 N–H and O–H groups in total. The molecule has 2 rings (SSSR count). The normalized spacial score (nSPS) is 10.8. The smallest absolute Gasteiger partial charge is 0.0827 e. The van der Waals surface area contributed by atoms with Crippen LogP contribution in [0.5, 0.6) is 0 Å². The molecular formula is C14H18ClN3. The lowest BCUT2D eigenvalue weighted by Crippen LogP contribution is -2.04. The fraction of sp³-hybridized carbons (Fsp3) is 0.429. The molecule has 1 aromatic carbocycles. The molecule has 18 heavy (non-hydrogen) atoms. The van der Waals surface area contributed by atoms with E-state index in [0.29, 0.717) is 5.88 Å². The van der Waals surface area contributed by atoms with Crippen molar-refractivity contribution in [3.05, 3.63) is 46.8 Å². The first-order valence-electron chi connectivity index (χ1n) is 6.21. The summed E-state index contributed by atoms with van der Waals surface area (Å²) in [6.07, 6.45) is 3.86. The van der Waals surface area contributed by atoms with Crippen molar-refractivity contribution >= 4 is 11.6 Å². The van der Waals surface area contributed by atoms with E-state index in [1.807, 2.05) is 10.9 Å². The highest BCUT2D eigenvalue weighted by Gasteiger charge is 2.05. The average Bonchev–Trinajstić information content (AvgIpc) is 2.79. The van der Waals surface area contributed by atoms with Gasteiger partial charge in [-0.3, -0.25) is 0 Å². The molecule has 0 fully saturated rings. The number of nitrogens with zero attached hydrogens (tertiary/aromatic N) is 3. The van der Waals surface area contributed by atoms with Crippen molar-refractivity contribution in [2.24, 2.45) is 0 Å². The molecule has 0 atom stereocenters. The van der Waals surface area contributed by atoms with E-state index in [0.717, 1.165) is 25.1 Å². The summed E-state index contributed by atoms with van der Waals surface area (Å²) in [4.78, 5) is 0. The summed E-state index contributed by atoms with van der Waals surface area (Å²) in [5.41, 5.74) is 4.94. The van der Waals surface area contributed by atoms with Crippen LogP contribution in [0.2, 0.25) is 0 Å². The minimum atomic E-state index is 0.670. The van der Waals surface area contributed by atoms with E-state index in [4.69, 9.17) is 11.6 Å². The van der Waals surface area contributed by atoms with Gasteiger partial charge in [0.15, 0.2) is 0 Å². The Morgan fingerprint density at radius 3 is 2.61 bits per heavy atom. The van der Waals surface area contributed by atoms with Crippen LogP contribution in [0.15, 0.2) is 24.4 Å². The zero-order valence-corrected chi connectivity index (χ0v) is 11.6. The van der Waals surface area contributed by atoms with Crippen molar-refractivity contribution in [1.29, 1.82) is 0 Å². The van der Waals surface area contributed by atoms with Crippen molar-refractivity contribution in [2.75, 3.05) is 5.88 Å². The van der Waals surface area contributed by atoms with Gasteiger partial charge in [0.25, 0.3) is 0 Å². The summed E-state index contributed by atoms with van der Waals surface area (Å²) in [7, 11) is 0. The molecule has 0 radical (unpaired) electrons. The summed E-state index contributed by atoms with van der Waals surface area (Å²) < 4.78 is 1.90.